The lowest BCUT2D eigenvalue weighted by molar-refractivity contribution is -0.115. The number of hydrogen-bond acceptors (Lipinski definition) is 3. The lowest BCUT2D eigenvalue weighted by Gasteiger charge is -1.93. The number of anilines is 1. The largest absolute Gasteiger partial charge is 0.395 e. The third kappa shape index (κ3) is 2.59. The Balaban J connectivity index is 0.000000138. The molecule has 84 valence electrons. The molecule has 4 heteroatoms. The highest BCUT2D eigenvalue weighted by Crippen LogP contribution is 2.20. The van der Waals surface area contributed by atoms with Crippen molar-refractivity contribution in [2.75, 3.05) is 11.9 Å². The second-order valence-electron chi connectivity index (χ2n) is 3.79. The minimum absolute atomic E-state index is 0.0983. The van der Waals surface area contributed by atoms with Crippen LogP contribution in [0.5, 0.6) is 0 Å². The molecule has 0 radical (unpaired) electrons. The number of para-hydroxylation sites is 1. The molecule has 0 fully saturated rings. The monoisotopic (exact) mass is 218 g/mol. The van der Waals surface area contributed by atoms with E-state index in [9.17, 15) is 4.79 Å². The zero-order valence-corrected chi connectivity index (χ0v) is 9.19. The van der Waals surface area contributed by atoms with E-state index in [0.29, 0.717) is 6.42 Å². The van der Waals surface area contributed by atoms with Crippen LogP contribution >= 0.6 is 0 Å². The average molecular weight is 218 g/mol. The van der Waals surface area contributed by atoms with E-state index in [0.717, 1.165) is 30.0 Å². The molecule has 1 N–H and O–H groups in total. The summed E-state index contributed by atoms with van der Waals surface area (Å²) in [5.41, 5.74) is 3.18. The van der Waals surface area contributed by atoms with Crippen molar-refractivity contribution in [3.05, 3.63) is 29.8 Å². The smallest absolute Gasteiger partial charge is 0.228 e. The Morgan fingerprint density at radius 3 is 2.75 bits per heavy atom. The predicted molar refractivity (Wildman–Crippen MR) is 62.5 cm³/mol. The van der Waals surface area contributed by atoms with Crippen molar-refractivity contribution >= 4 is 17.3 Å². The molecule has 16 heavy (non-hydrogen) atoms. The number of carbonyl (C=O) groups is 1. The Morgan fingerprint density at radius 2 is 2.19 bits per heavy atom. The van der Waals surface area contributed by atoms with E-state index in [4.69, 9.17) is 0 Å². The van der Waals surface area contributed by atoms with Gasteiger partial charge in [-0.2, -0.15) is 0 Å². The molecule has 3 rings (SSSR count). The van der Waals surface area contributed by atoms with Gasteiger partial charge in [0.1, 0.15) is 6.61 Å². The fourth-order valence-electron chi connectivity index (χ4n) is 1.56. The van der Waals surface area contributed by atoms with Gasteiger partial charge in [-0.05, 0) is 18.6 Å². The molecule has 0 unspecified atom stereocenters. The summed E-state index contributed by atoms with van der Waals surface area (Å²) < 4.78 is 0. The van der Waals surface area contributed by atoms with Gasteiger partial charge in [0.2, 0.25) is 5.91 Å². The number of oxime groups is 1. The molecule has 1 amide bonds. The average Bonchev–Trinajstić information content (AvgIpc) is 2.86. The maximum absolute atomic E-state index is 10.8. The van der Waals surface area contributed by atoms with Crippen LogP contribution in [0.3, 0.4) is 0 Å². The molecule has 0 saturated carbocycles. The Bertz CT molecular complexity index is 400. The summed E-state index contributed by atoms with van der Waals surface area (Å²) >= 11 is 0. The number of fused-ring (bicyclic) bond motifs is 1. The van der Waals surface area contributed by atoms with Gasteiger partial charge < -0.3 is 10.2 Å². The Morgan fingerprint density at radius 1 is 1.38 bits per heavy atom. The quantitative estimate of drug-likeness (QED) is 0.723. The van der Waals surface area contributed by atoms with Gasteiger partial charge in [0.25, 0.3) is 0 Å². The highest BCUT2D eigenvalue weighted by molar-refractivity contribution is 5.98. The predicted octanol–water partition coefficient (Wildman–Crippen LogP) is 1.96. The standard InChI is InChI=1S/C8H7NO.C4H7NO/c10-8-5-6-3-1-2-4-7(6)9-8;1-4-2-3-6-5-4/h1-4H,5H2,(H,9,10);2-3H2,1H3. The van der Waals surface area contributed by atoms with E-state index in [1.165, 1.54) is 0 Å². The van der Waals surface area contributed by atoms with E-state index in [1.807, 2.05) is 31.2 Å². The van der Waals surface area contributed by atoms with Gasteiger partial charge in [-0.15, -0.1) is 0 Å². The second kappa shape index (κ2) is 4.79. The molecular weight excluding hydrogens is 204 g/mol. The van der Waals surface area contributed by atoms with Gasteiger partial charge in [0, 0.05) is 12.1 Å². The van der Waals surface area contributed by atoms with Gasteiger partial charge in [0.15, 0.2) is 0 Å². The zero-order chi connectivity index (χ0) is 11.4. The Kier molecular flexibility index (Phi) is 3.19. The summed E-state index contributed by atoms with van der Waals surface area (Å²) in [5, 5.41) is 6.41. The molecule has 0 spiro atoms. The number of rotatable bonds is 0. The molecule has 0 bridgehead atoms. The minimum atomic E-state index is 0.0983. The van der Waals surface area contributed by atoms with Crippen molar-refractivity contribution < 1.29 is 9.63 Å². The first kappa shape index (κ1) is 10.7. The lowest BCUT2D eigenvalue weighted by atomic mass is 10.2. The number of carbonyl (C=O) groups excluding carboxylic acids is 1. The molecule has 0 atom stereocenters. The molecule has 2 aliphatic rings. The second-order valence-corrected chi connectivity index (χ2v) is 3.79. The summed E-state index contributed by atoms with van der Waals surface area (Å²) in [6.45, 7) is 2.75. The first-order valence-corrected chi connectivity index (χ1v) is 5.29. The topological polar surface area (TPSA) is 50.7 Å². The van der Waals surface area contributed by atoms with Crippen LogP contribution in [0.2, 0.25) is 0 Å². The summed E-state index contributed by atoms with van der Waals surface area (Å²) in [5.74, 6) is 0.0983. The van der Waals surface area contributed by atoms with Crippen molar-refractivity contribution in [2.24, 2.45) is 5.16 Å². The van der Waals surface area contributed by atoms with Gasteiger partial charge in [-0.3, -0.25) is 4.79 Å². The molecular formula is C12H14N2O2. The summed E-state index contributed by atoms with van der Waals surface area (Å²) in [6.07, 6.45) is 1.55. The van der Waals surface area contributed by atoms with Crippen molar-refractivity contribution in [2.45, 2.75) is 19.8 Å². The molecule has 4 nitrogen and oxygen atoms in total. The number of nitrogens with zero attached hydrogens (tertiary/aromatic N) is 1. The molecule has 1 aromatic rings. The number of hydrogen-bond donors (Lipinski definition) is 1. The first-order valence-electron chi connectivity index (χ1n) is 5.29. The van der Waals surface area contributed by atoms with E-state index in [-0.39, 0.29) is 5.91 Å². The molecule has 1 aromatic carbocycles. The van der Waals surface area contributed by atoms with Crippen LogP contribution in [0.1, 0.15) is 18.9 Å². The Labute approximate surface area is 94.3 Å². The van der Waals surface area contributed by atoms with Crippen molar-refractivity contribution in [3.63, 3.8) is 0 Å². The maximum atomic E-state index is 10.8. The summed E-state index contributed by atoms with van der Waals surface area (Å²) in [6, 6.07) is 7.75. The van der Waals surface area contributed by atoms with Crippen LogP contribution < -0.4 is 5.32 Å². The van der Waals surface area contributed by atoms with E-state index in [1.54, 1.807) is 0 Å². The van der Waals surface area contributed by atoms with Crippen LogP contribution in [0, 0.1) is 0 Å². The molecule has 2 heterocycles. The van der Waals surface area contributed by atoms with Crippen molar-refractivity contribution in [3.8, 4) is 0 Å². The van der Waals surface area contributed by atoms with Gasteiger partial charge in [-0.1, -0.05) is 23.4 Å². The van der Waals surface area contributed by atoms with Gasteiger partial charge in [-0.25, -0.2) is 0 Å². The van der Waals surface area contributed by atoms with Crippen LogP contribution in [-0.2, 0) is 16.1 Å². The van der Waals surface area contributed by atoms with E-state index >= 15 is 0 Å². The van der Waals surface area contributed by atoms with Crippen LogP contribution in [0.15, 0.2) is 29.4 Å². The summed E-state index contributed by atoms with van der Waals surface area (Å²) in [4.78, 5) is 15.4. The highest BCUT2D eigenvalue weighted by atomic mass is 16.6. The van der Waals surface area contributed by atoms with Crippen molar-refractivity contribution in [1.29, 1.82) is 0 Å². The molecule has 0 saturated heterocycles. The lowest BCUT2D eigenvalue weighted by Crippen LogP contribution is -2.03. The first-order chi connectivity index (χ1) is 7.75. The van der Waals surface area contributed by atoms with Gasteiger partial charge >= 0.3 is 0 Å². The fourth-order valence-corrected chi connectivity index (χ4v) is 1.56. The third-order valence-corrected chi connectivity index (χ3v) is 2.42. The number of amides is 1. The van der Waals surface area contributed by atoms with Crippen LogP contribution in [0.4, 0.5) is 5.69 Å². The Hall–Kier alpha value is -1.84. The highest BCUT2D eigenvalue weighted by Gasteiger charge is 2.15. The van der Waals surface area contributed by atoms with E-state index < -0.39 is 0 Å². The van der Waals surface area contributed by atoms with Crippen LogP contribution in [-0.4, -0.2) is 18.2 Å². The fraction of sp³-hybridized carbons (Fsp3) is 0.333. The minimum Gasteiger partial charge on any atom is -0.395 e. The SMILES string of the molecule is CC1=NOCC1.O=C1Cc2ccccc2N1. The molecule has 0 aromatic heterocycles. The van der Waals surface area contributed by atoms with Crippen molar-refractivity contribution in [1.82, 2.24) is 0 Å². The number of benzene rings is 1. The number of nitrogens with one attached hydrogen (secondary N) is 1. The maximum Gasteiger partial charge on any atom is 0.228 e. The molecule has 2 aliphatic heterocycles. The van der Waals surface area contributed by atoms with Gasteiger partial charge in [0.05, 0.1) is 12.1 Å². The molecule has 0 aliphatic carbocycles. The zero-order valence-electron chi connectivity index (χ0n) is 9.19. The summed E-state index contributed by atoms with van der Waals surface area (Å²) in [7, 11) is 0. The van der Waals surface area contributed by atoms with E-state index in [2.05, 4.69) is 15.3 Å². The third-order valence-electron chi connectivity index (χ3n) is 2.42. The van der Waals surface area contributed by atoms with Crippen LogP contribution in [0.25, 0.3) is 0 Å². The normalized spacial score (nSPS) is 16.6.